The molecule has 1 aliphatic rings. The third-order valence-corrected chi connectivity index (χ3v) is 6.10. The van der Waals surface area contributed by atoms with E-state index in [1.165, 1.54) is 16.8 Å². The van der Waals surface area contributed by atoms with E-state index in [0.29, 0.717) is 17.4 Å². The van der Waals surface area contributed by atoms with Crippen LogP contribution < -0.4 is 0 Å². The summed E-state index contributed by atoms with van der Waals surface area (Å²) in [6, 6.07) is 4.10. The monoisotopic (exact) mass is 416 g/mol. The summed E-state index contributed by atoms with van der Waals surface area (Å²) in [4.78, 5) is 19.8. The van der Waals surface area contributed by atoms with Crippen LogP contribution in [-0.2, 0) is 13.6 Å². The van der Waals surface area contributed by atoms with Crippen molar-refractivity contribution in [1.29, 1.82) is 0 Å². The van der Waals surface area contributed by atoms with Gasteiger partial charge in [-0.05, 0) is 25.5 Å². The van der Waals surface area contributed by atoms with Crippen LogP contribution in [-0.4, -0.2) is 52.9 Å². The summed E-state index contributed by atoms with van der Waals surface area (Å²) in [6.45, 7) is 6.72. The summed E-state index contributed by atoms with van der Waals surface area (Å²) in [5.41, 5.74) is 5.32. The Hall–Kier alpha value is -3.46. The molecule has 1 aliphatic heterocycles. The van der Waals surface area contributed by atoms with E-state index in [2.05, 4.69) is 55.0 Å². The molecule has 0 spiro atoms. The van der Waals surface area contributed by atoms with Crippen LogP contribution in [0.2, 0.25) is 0 Å². The summed E-state index contributed by atoms with van der Waals surface area (Å²) in [5, 5.41) is 8.73. The minimum atomic E-state index is 0.0689. The Bertz CT molecular complexity index is 1170. The zero-order valence-corrected chi connectivity index (χ0v) is 17.8. The molecule has 0 radical (unpaired) electrons. The number of aromatic nitrogens is 7. The summed E-state index contributed by atoms with van der Waals surface area (Å²) in [7, 11) is 1.99. The number of rotatable bonds is 5. The van der Waals surface area contributed by atoms with Crippen molar-refractivity contribution < 1.29 is 4.52 Å². The molecule has 0 bridgehead atoms. The molecule has 31 heavy (non-hydrogen) atoms. The van der Waals surface area contributed by atoms with Gasteiger partial charge in [-0.15, -0.1) is 0 Å². The van der Waals surface area contributed by atoms with E-state index >= 15 is 0 Å². The maximum absolute atomic E-state index is 5.71. The lowest BCUT2D eigenvalue weighted by Crippen LogP contribution is -2.21. The highest BCUT2D eigenvalue weighted by molar-refractivity contribution is 5.45. The Labute approximate surface area is 180 Å². The predicted octanol–water partition coefficient (Wildman–Crippen LogP) is 2.66. The second kappa shape index (κ2) is 7.99. The van der Waals surface area contributed by atoms with Gasteiger partial charge in [0, 0.05) is 68.6 Å². The highest BCUT2D eigenvalue weighted by Crippen LogP contribution is 2.40. The Balaban J connectivity index is 1.45. The first-order valence-corrected chi connectivity index (χ1v) is 10.3. The third kappa shape index (κ3) is 3.72. The standard InChI is InChI=1S/C22H24N8O/c1-14-17(15(2)29(3)27-14)11-30-12-18(16-5-4-6-23-9-16)19(13-30)22-26-21(28-31-22)20-10-24-7-8-25-20/h4-10,18-19H,11-13H2,1-3H3/t18-,19+/m0/s1. The fourth-order valence-electron chi connectivity index (χ4n) is 4.37. The molecule has 158 valence electrons. The number of hydrogen-bond acceptors (Lipinski definition) is 8. The minimum Gasteiger partial charge on any atom is -0.339 e. The van der Waals surface area contributed by atoms with Crippen LogP contribution in [0.15, 0.2) is 47.6 Å². The first kappa shape index (κ1) is 19.5. The van der Waals surface area contributed by atoms with Gasteiger partial charge in [0.1, 0.15) is 5.69 Å². The molecule has 0 unspecified atom stereocenters. The number of nitrogens with zero attached hydrogens (tertiary/aromatic N) is 8. The van der Waals surface area contributed by atoms with Crippen LogP contribution in [0, 0.1) is 13.8 Å². The van der Waals surface area contributed by atoms with Crippen molar-refractivity contribution in [3.8, 4) is 11.5 Å². The van der Waals surface area contributed by atoms with E-state index in [1.54, 1.807) is 24.8 Å². The van der Waals surface area contributed by atoms with E-state index in [-0.39, 0.29) is 11.8 Å². The molecule has 1 fully saturated rings. The molecule has 4 aromatic heterocycles. The number of pyridine rings is 1. The van der Waals surface area contributed by atoms with Crippen LogP contribution in [0.25, 0.3) is 11.5 Å². The van der Waals surface area contributed by atoms with Crippen molar-refractivity contribution in [2.45, 2.75) is 32.2 Å². The third-order valence-electron chi connectivity index (χ3n) is 6.10. The van der Waals surface area contributed by atoms with Crippen LogP contribution in [0.1, 0.15) is 40.2 Å². The van der Waals surface area contributed by atoms with Gasteiger partial charge in [-0.2, -0.15) is 10.1 Å². The lowest BCUT2D eigenvalue weighted by Gasteiger charge is -2.16. The molecule has 0 amide bonds. The maximum atomic E-state index is 5.71. The van der Waals surface area contributed by atoms with Crippen molar-refractivity contribution in [3.63, 3.8) is 0 Å². The summed E-state index contributed by atoms with van der Waals surface area (Å²) in [5.74, 6) is 1.36. The summed E-state index contributed by atoms with van der Waals surface area (Å²) >= 11 is 0. The Morgan fingerprint density at radius 2 is 1.90 bits per heavy atom. The number of likely N-dealkylation sites (tertiary alicyclic amines) is 1. The van der Waals surface area contributed by atoms with E-state index in [1.807, 2.05) is 24.0 Å². The van der Waals surface area contributed by atoms with E-state index in [9.17, 15) is 0 Å². The van der Waals surface area contributed by atoms with Crippen LogP contribution >= 0.6 is 0 Å². The van der Waals surface area contributed by atoms with Gasteiger partial charge >= 0.3 is 0 Å². The van der Waals surface area contributed by atoms with Gasteiger partial charge in [-0.3, -0.25) is 19.5 Å². The maximum Gasteiger partial charge on any atom is 0.232 e. The van der Waals surface area contributed by atoms with Crippen LogP contribution in [0.5, 0.6) is 0 Å². The Kier molecular flexibility index (Phi) is 5.03. The van der Waals surface area contributed by atoms with E-state index < -0.39 is 0 Å². The van der Waals surface area contributed by atoms with Gasteiger partial charge < -0.3 is 4.52 Å². The lowest BCUT2D eigenvalue weighted by atomic mass is 9.90. The van der Waals surface area contributed by atoms with Gasteiger partial charge in [0.15, 0.2) is 0 Å². The van der Waals surface area contributed by atoms with Crippen molar-refractivity contribution >= 4 is 0 Å². The van der Waals surface area contributed by atoms with Gasteiger partial charge in [-0.25, -0.2) is 4.98 Å². The molecule has 5 rings (SSSR count). The molecule has 5 heterocycles. The van der Waals surface area contributed by atoms with Crippen LogP contribution in [0.3, 0.4) is 0 Å². The zero-order chi connectivity index (χ0) is 21.4. The molecule has 0 N–H and O–H groups in total. The quantitative estimate of drug-likeness (QED) is 0.490. The largest absolute Gasteiger partial charge is 0.339 e. The van der Waals surface area contributed by atoms with Gasteiger partial charge in [0.2, 0.25) is 11.7 Å². The highest BCUT2D eigenvalue weighted by atomic mass is 16.5. The van der Waals surface area contributed by atoms with Crippen molar-refractivity contribution in [1.82, 2.24) is 39.8 Å². The zero-order valence-electron chi connectivity index (χ0n) is 17.8. The summed E-state index contributed by atoms with van der Waals surface area (Å²) in [6.07, 6.45) is 8.62. The Morgan fingerprint density at radius 3 is 2.61 bits per heavy atom. The molecule has 0 aromatic carbocycles. The second-order valence-corrected chi connectivity index (χ2v) is 8.01. The molecule has 9 nitrogen and oxygen atoms in total. The normalized spacial score (nSPS) is 19.2. The molecular weight excluding hydrogens is 392 g/mol. The predicted molar refractivity (Wildman–Crippen MR) is 113 cm³/mol. The topological polar surface area (TPSA) is 98.7 Å². The van der Waals surface area contributed by atoms with Gasteiger partial charge in [0.25, 0.3) is 0 Å². The van der Waals surface area contributed by atoms with Gasteiger partial charge in [-0.1, -0.05) is 11.2 Å². The minimum absolute atomic E-state index is 0.0689. The average molecular weight is 416 g/mol. The molecular formula is C22H24N8O. The number of hydrogen-bond donors (Lipinski definition) is 0. The van der Waals surface area contributed by atoms with Gasteiger partial charge in [0.05, 0.1) is 17.8 Å². The molecule has 9 heteroatoms. The fraction of sp³-hybridized carbons (Fsp3) is 0.364. The molecule has 4 aromatic rings. The van der Waals surface area contributed by atoms with Crippen molar-refractivity contribution in [3.05, 3.63) is 71.5 Å². The molecule has 0 aliphatic carbocycles. The van der Waals surface area contributed by atoms with Crippen molar-refractivity contribution in [2.75, 3.05) is 13.1 Å². The Morgan fingerprint density at radius 1 is 1.06 bits per heavy atom. The first-order valence-electron chi connectivity index (χ1n) is 10.3. The molecule has 1 saturated heterocycles. The first-order chi connectivity index (χ1) is 15.1. The second-order valence-electron chi connectivity index (χ2n) is 8.01. The molecule has 0 saturated carbocycles. The van der Waals surface area contributed by atoms with Crippen LogP contribution in [0.4, 0.5) is 0 Å². The van der Waals surface area contributed by atoms with Crippen molar-refractivity contribution in [2.24, 2.45) is 7.05 Å². The average Bonchev–Trinajstić information content (AvgIpc) is 3.50. The van der Waals surface area contributed by atoms with E-state index in [0.717, 1.165) is 25.3 Å². The highest BCUT2D eigenvalue weighted by Gasteiger charge is 2.39. The SMILES string of the molecule is Cc1nn(C)c(C)c1CN1C[C@@H](c2cccnc2)[C@H](c2nc(-c3cnccn3)no2)C1. The fourth-order valence-corrected chi connectivity index (χ4v) is 4.37. The summed E-state index contributed by atoms with van der Waals surface area (Å²) < 4.78 is 7.66. The molecule has 2 atom stereocenters. The lowest BCUT2D eigenvalue weighted by molar-refractivity contribution is 0.308. The van der Waals surface area contributed by atoms with E-state index in [4.69, 9.17) is 4.52 Å². The number of aryl methyl sites for hydroxylation is 2. The smallest absolute Gasteiger partial charge is 0.232 e.